The largest absolute Gasteiger partial charge is 0.372 e. The Hall–Kier alpha value is -5.36. The summed E-state index contributed by atoms with van der Waals surface area (Å²) in [6, 6.07) is 19.6. The number of hydrogen-bond donors (Lipinski definition) is 3. The second-order valence-electron chi connectivity index (χ2n) is 18.0. The molecule has 338 valence electrons. The summed E-state index contributed by atoms with van der Waals surface area (Å²) in [6.07, 6.45) is 4.77. The molecular formula is C47H55F2N9O4S2. The van der Waals surface area contributed by atoms with E-state index >= 15 is 8.78 Å². The zero-order chi connectivity index (χ0) is 45.3. The number of amides is 2. The van der Waals surface area contributed by atoms with Crippen LogP contribution in [0.4, 0.5) is 31.8 Å². The van der Waals surface area contributed by atoms with Crippen molar-refractivity contribution in [2.24, 2.45) is 11.1 Å². The molecule has 8 rings (SSSR count). The Bertz CT molecular complexity index is 2620. The number of primary sulfonamides is 1. The molecule has 17 heteroatoms. The van der Waals surface area contributed by atoms with Gasteiger partial charge in [0.05, 0.1) is 32.9 Å². The van der Waals surface area contributed by atoms with E-state index in [1.165, 1.54) is 23.5 Å². The van der Waals surface area contributed by atoms with Crippen LogP contribution in [0.15, 0.2) is 72.9 Å². The summed E-state index contributed by atoms with van der Waals surface area (Å²) in [5, 5.41) is 10.6. The molecular weight excluding hydrogens is 857 g/mol. The molecule has 3 fully saturated rings. The lowest BCUT2D eigenvalue weighted by molar-refractivity contribution is -0.134. The zero-order valence-corrected chi connectivity index (χ0v) is 38.2. The van der Waals surface area contributed by atoms with Gasteiger partial charge in [-0.15, -0.1) is 11.3 Å². The molecule has 0 radical (unpaired) electrons. The molecule has 0 aliphatic carbocycles. The number of thiazole rings is 1. The molecule has 4 N–H and O–H groups in total. The first-order valence-corrected chi connectivity index (χ1v) is 24.4. The number of halogens is 2. The fourth-order valence-corrected chi connectivity index (χ4v) is 11.1. The summed E-state index contributed by atoms with van der Waals surface area (Å²) in [5.41, 5.74) is 3.66. The fraction of sp³-hybridized carbons (Fsp3) is 0.426. The quantitative estimate of drug-likeness (QED) is 0.104. The molecule has 13 nitrogen and oxygen atoms in total. The number of sulfonamides is 1. The molecule has 64 heavy (non-hydrogen) atoms. The van der Waals surface area contributed by atoms with Gasteiger partial charge >= 0.3 is 0 Å². The highest BCUT2D eigenvalue weighted by atomic mass is 32.2. The SMILES string of the molecule is CCC(c1cccc(-c2nc(C(C)(C)C)sc2-c2ccnc(Nc3ccc(N4CCN(CC5CCN(c6ccc([C@@H]7CCC(=O)NC7=O)cc6)CC5)CC4)c(F)c3)n2)c1F)S(N)(=O)=O. The first-order valence-electron chi connectivity index (χ1n) is 21.9. The van der Waals surface area contributed by atoms with E-state index in [-0.39, 0.29) is 52.5 Å². The lowest BCUT2D eigenvalue weighted by atomic mass is 9.90. The second kappa shape index (κ2) is 18.6. The topological polar surface area (TPSA) is 167 Å². The molecule has 2 amide bonds. The van der Waals surface area contributed by atoms with E-state index in [4.69, 9.17) is 15.1 Å². The van der Waals surface area contributed by atoms with E-state index < -0.39 is 21.1 Å². The van der Waals surface area contributed by atoms with Crippen molar-refractivity contribution >= 4 is 56.2 Å². The minimum absolute atomic E-state index is 0.0147. The van der Waals surface area contributed by atoms with Gasteiger partial charge in [0.25, 0.3) is 0 Å². The van der Waals surface area contributed by atoms with Crippen molar-refractivity contribution in [2.75, 3.05) is 60.9 Å². The molecule has 0 bridgehead atoms. The van der Waals surface area contributed by atoms with E-state index in [9.17, 15) is 18.0 Å². The molecule has 5 heterocycles. The number of piperazine rings is 1. The van der Waals surface area contributed by atoms with Gasteiger partial charge in [0.2, 0.25) is 27.8 Å². The van der Waals surface area contributed by atoms with Crippen LogP contribution < -0.4 is 25.6 Å². The smallest absolute Gasteiger partial charge is 0.234 e. The first-order chi connectivity index (χ1) is 30.5. The summed E-state index contributed by atoms with van der Waals surface area (Å²) < 4.78 is 56.9. The number of carbonyl (C=O) groups excluding carboxylic acids is 2. The van der Waals surface area contributed by atoms with Gasteiger partial charge in [-0.2, -0.15) is 0 Å². The standard InChI is InChI=1S/C47H55F2N9O4S2/c1-5-39(64(50,61)62)34-7-6-8-35(41(34)49)42-43(63-45(55-42)47(2,3)4)37-17-20-51-46(53-37)52-31-11-15-38(36(48)27-31)58-25-23-56(24-26-58)28-29-18-21-57(22-19-29)32-12-9-30(10-13-32)33-14-16-40(59)54-44(33)60/h6-13,15,17,20,27,29,33,39H,5,14,16,18-19,21-26,28H2,1-4H3,(H2,50,61,62)(H,51,52,53)(H,54,59,60)/t33-,39?/m0/s1. The second-order valence-corrected chi connectivity index (χ2v) is 20.8. The van der Waals surface area contributed by atoms with Crippen LogP contribution in [-0.4, -0.2) is 85.9 Å². The summed E-state index contributed by atoms with van der Waals surface area (Å²) >= 11 is 1.37. The number of aromatic nitrogens is 3. The van der Waals surface area contributed by atoms with E-state index in [0.717, 1.165) is 61.8 Å². The number of benzene rings is 3. The van der Waals surface area contributed by atoms with Crippen LogP contribution in [0.5, 0.6) is 0 Å². The van der Waals surface area contributed by atoms with Gasteiger partial charge in [-0.3, -0.25) is 19.8 Å². The number of carbonyl (C=O) groups is 2. The Balaban J connectivity index is 0.877. The Morgan fingerprint density at radius 2 is 1.66 bits per heavy atom. The van der Waals surface area contributed by atoms with Crippen molar-refractivity contribution in [2.45, 2.75) is 76.4 Å². The Labute approximate surface area is 377 Å². The van der Waals surface area contributed by atoms with E-state index in [1.54, 1.807) is 37.4 Å². The number of nitrogens with two attached hydrogens (primary N) is 1. The summed E-state index contributed by atoms with van der Waals surface area (Å²) in [4.78, 5) is 45.4. The van der Waals surface area contributed by atoms with Crippen LogP contribution in [-0.2, 0) is 25.0 Å². The number of rotatable bonds is 12. The van der Waals surface area contributed by atoms with Gasteiger partial charge in [-0.1, -0.05) is 52.0 Å². The zero-order valence-electron chi connectivity index (χ0n) is 36.6. The molecule has 0 spiro atoms. The number of anilines is 4. The minimum Gasteiger partial charge on any atom is -0.372 e. The normalized spacial score (nSPS) is 18.6. The van der Waals surface area contributed by atoms with E-state index in [0.29, 0.717) is 59.5 Å². The summed E-state index contributed by atoms with van der Waals surface area (Å²) in [5.74, 6) is -0.946. The van der Waals surface area contributed by atoms with Crippen molar-refractivity contribution in [3.8, 4) is 21.8 Å². The van der Waals surface area contributed by atoms with Crippen molar-refractivity contribution in [3.63, 3.8) is 0 Å². The van der Waals surface area contributed by atoms with Crippen LogP contribution in [0, 0.1) is 17.6 Å². The highest BCUT2D eigenvalue weighted by Crippen LogP contribution is 2.43. The Morgan fingerprint density at radius 1 is 0.922 bits per heavy atom. The number of nitrogens with zero attached hydrogens (tertiary/aromatic N) is 6. The maximum Gasteiger partial charge on any atom is 0.234 e. The van der Waals surface area contributed by atoms with Gasteiger partial charge in [-0.05, 0) is 79.6 Å². The van der Waals surface area contributed by atoms with Crippen LogP contribution in [0.1, 0.15) is 87.1 Å². The third-order valence-electron chi connectivity index (χ3n) is 12.5. The minimum atomic E-state index is -4.07. The molecule has 2 aromatic heterocycles. The van der Waals surface area contributed by atoms with Gasteiger partial charge in [0.15, 0.2) is 0 Å². The Kier molecular flexibility index (Phi) is 13.2. The highest BCUT2D eigenvalue weighted by Gasteiger charge is 2.31. The molecule has 3 aliphatic heterocycles. The first kappa shape index (κ1) is 45.2. The van der Waals surface area contributed by atoms with Crippen LogP contribution >= 0.6 is 11.3 Å². The number of imide groups is 1. The molecule has 1 unspecified atom stereocenters. The molecule has 3 saturated heterocycles. The van der Waals surface area contributed by atoms with Crippen LogP contribution in [0.25, 0.3) is 21.8 Å². The predicted octanol–water partition coefficient (Wildman–Crippen LogP) is 7.88. The maximum atomic E-state index is 16.3. The average molecular weight is 912 g/mol. The Morgan fingerprint density at radius 3 is 2.31 bits per heavy atom. The van der Waals surface area contributed by atoms with E-state index in [1.807, 2.05) is 39.0 Å². The molecule has 5 aromatic rings. The van der Waals surface area contributed by atoms with Crippen LogP contribution in [0.3, 0.4) is 0 Å². The van der Waals surface area contributed by atoms with Gasteiger partial charge < -0.3 is 15.1 Å². The number of hydrogen-bond acceptors (Lipinski definition) is 12. The predicted molar refractivity (Wildman–Crippen MR) is 248 cm³/mol. The van der Waals surface area contributed by atoms with Crippen molar-refractivity contribution < 1.29 is 26.8 Å². The van der Waals surface area contributed by atoms with E-state index in [2.05, 4.69) is 42.5 Å². The number of nitrogens with one attached hydrogen (secondary N) is 2. The molecule has 3 aliphatic rings. The molecule has 2 atom stereocenters. The van der Waals surface area contributed by atoms with Crippen molar-refractivity contribution in [3.05, 3.63) is 101 Å². The molecule has 3 aromatic carbocycles. The lowest BCUT2D eigenvalue weighted by Gasteiger charge is -2.40. The third kappa shape index (κ3) is 9.97. The lowest BCUT2D eigenvalue weighted by Crippen LogP contribution is -2.49. The van der Waals surface area contributed by atoms with Gasteiger partial charge in [0, 0.05) is 86.3 Å². The summed E-state index contributed by atoms with van der Waals surface area (Å²) in [6.45, 7) is 13.7. The third-order valence-corrected chi connectivity index (χ3v) is 15.4. The number of piperidine rings is 2. The van der Waals surface area contributed by atoms with Crippen molar-refractivity contribution in [1.29, 1.82) is 0 Å². The van der Waals surface area contributed by atoms with Gasteiger partial charge in [0.1, 0.15) is 16.9 Å². The van der Waals surface area contributed by atoms with Crippen molar-refractivity contribution in [1.82, 2.24) is 25.2 Å². The monoisotopic (exact) mass is 911 g/mol. The van der Waals surface area contributed by atoms with Crippen LogP contribution in [0.2, 0.25) is 0 Å². The highest BCUT2D eigenvalue weighted by molar-refractivity contribution is 7.89. The summed E-state index contributed by atoms with van der Waals surface area (Å²) in [7, 11) is -4.07. The molecule has 0 saturated carbocycles. The fourth-order valence-electron chi connectivity index (χ4n) is 8.96. The average Bonchev–Trinajstić information content (AvgIpc) is 3.72. The maximum absolute atomic E-state index is 16.3. The van der Waals surface area contributed by atoms with Gasteiger partial charge in [-0.25, -0.2) is 37.3 Å².